The van der Waals surface area contributed by atoms with Crippen molar-refractivity contribution < 1.29 is 14.6 Å². The predicted molar refractivity (Wildman–Crippen MR) is 75.4 cm³/mol. The van der Waals surface area contributed by atoms with Gasteiger partial charge in [0, 0.05) is 23.5 Å². The highest BCUT2D eigenvalue weighted by atomic mass is 32.1. The fourth-order valence-corrected chi connectivity index (χ4v) is 3.61. The normalized spacial score (nSPS) is 24.4. The van der Waals surface area contributed by atoms with Gasteiger partial charge in [-0.05, 0) is 31.9 Å². The van der Waals surface area contributed by atoms with E-state index in [1.807, 2.05) is 12.1 Å². The molecule has 2 atom stereocenters. The minimum Gasteiger partial charge on any atom is -0.465 e. The van der Waals surface area contributed by atoms with E-state index in [4.69, 9.17) is 4.74 Å². The van der Waals surface area contributed by atoms with Crippen LogP contribution < -0.4 is 0 Å². The first-order chi connectivity index (χ1) is 9.15. The van der Waals surface area contributed by atoms with Crippen molar-refractivity contribution in [2.75, 3.05) is 13.7 Å². The Morgan fingerprint density at radius 3 is 3.00 bits per heavy atom. The smallest absolute Gasteiger partial charge is 0.348 e. The fourth-order valence-electron chi connectivity index (χ4n) is 2.67. The molecule has 106 valence electrons. The lowest BCUT2D eigenvalue weighted by atomic mass is 9.97. The van der Waals surface area contributed by atoms with Gasteiger partial charge < -0.3 is 9.84 Å². The van der Waals surface area contributed by atoms with Gasteiger partial charge in [-0.2, -0.15) is 0 Å². The molecular weight excluding hydrogens is 262 g/mol. The van der Waals surface area contributed by atoms with Gasteiger partial charge >= 0.3 is 5.97 Å². The van der Waals surface area contributed by atoms with E-state index in [1.54, 1.807) is 0 Å². The number of hydrogen-bond donors (Lipinski definition) is 1. The monoisotopic (exact) mass is 283 g/mol. The van der Waals surface area contributed by atoms with Crippen molar-refractivity contribution in [3.05, 3.63) is 21.9 Å². The van der Waals surface area contributed by atoms with Crippen molar-refractivity contribution in [2.24, 2.45) is 0 Å². The summed E-state index contributed by atoms with van der Waals surface area (Å²) in [6, 6.07) is 4.52. The zero-order valence-electron chi connectivity index (χ0n) is 11.5. The SMILES string of the molecule is COC(=O)c1ccc(CN2[C@@H](CO)CCC[C@H]2C)s1. The molecule has 4 nitrogen and oxygen atoms in total. The molecule has 1 fully saturated rings. The molecule has 0 unspecified atom stereocenters. The number of carbonyl (C=O) groups excluding carboxylic acids is 1. The van der Waals surface area contributed by atoms with Crippen LogP contribution in [0.5, 0.6) is 0 Å². The largest absolute Gasteiger partial charge is 0.465 e. The molecule has 19 heavy (non-hydrogen) atoms. The second kappa shape index (κ2) is 6.50. The van der Waals surface area contributed by atoms with Gasteiger partial charge in [0.1, 0.15) is 4.88 Å². The van der Waals surface area contributed by atoms with E-state index < -0.39 is 0 Å². The number of hydrogen-bond acceptors (Lipinski definition) is 5. The van der Waals surface area contributed by atoms with Crippen molar-refractivity contribution in [1.29, 1.82) is 0 Å². The molecular formula is C14H21NO3S. The Morgan fingerprint density at radius 1 is 1.53 bits per heavy atom. The van der Waals surface area contributed by atoms with Crippen LogP contribution in [0.2, 0.25) is 0 Å². The third kappa shape index (κ3) is 3.35. The molecule has 2 heterocycles. The Morgan fingerprint density at radius 2 is 2.32 bits per heavy atom. The molecule has 0 bridgehead atoms. The lowest BCUT2D eigenvalue weighted by molar-refractivity contribution is 0.0460. The number of nitrogens with zero attached hydrogens (tertiary/aromatic N) is 1. The highest BCUT2D eigenvalue weighted by Crippen LogP contribution is 2.27. The summed E-state index contributed by atoms with van der Waals surface area (Å²) < 4.78 is 4.72. The van der Waals surface area contributed by atoms with Gasteiger partial charge in [0.05, 0.1) is 13.7 Å². The van der Waals surface area contributed by atoms with Gasteiger partial charge in [0.15, 0.2) is 0 Å². The van der Waals surface area contributed by atoms with Crippen molar-refractivity contribution in [1.82, 2.24) is 4.90 Å². The summed E-state index contributed by atoms with van der Waals surface area (Å²) in [4.78, 5) is 15.6. The molecule has 1 saturated heterocycles. The Labute approximate surface area is 118 Å². The summed E-state index contributed by atoms with van der Waals surface area (Å²) in [7, 11) is 1.40. The third-order valence-corrected chi connectivity index (χ3v) is 4.84. The number of aliphatic hydroxyl groups excluding tert-OH is 1. The molecule has 0 saturated carbocycles. The van der Waals surface area contributed by atoms with Crippen LogP contribution in [-0.2, 0) is 11.3 Å². The maximum Gasteiger partial charge on any atom is 0.348 e. The van der Waals surface area contributed by atoms with Gasteiger partial charge in [-0.15, -0.1) is 11.3 Å². The van der Waals surface area contributed by atoms with E-state index in [1.165, 1.54) is 31.3 Å². The number of carbonyl (C=O) groups is 1. The Hall–Kier alpha value is -0.910. The van der Waals surface area contributed by atoms with Crippen LogP contribution in [-0.4, -0.2) is 41.8 Å². The molecule has 0 spiro atoms. The molecule has 1 aromatic rings. The average Bonchev–Trinajstić information content (AvgIpc) is 2.88. The van der Waals surface area contributed by atoms with Gasteiger partial charge in [-0.3, -0.25) is 4.90 Å². The maximum absolute atomic E-state index is 11.4. The number of esters is 1. The fraction of sp³-hybridized carbons (Fsp3) is 0.643. The third-order valence-electron chi connectivity index (χ3n) is 3.79. The van der Waals surface area contributed by atoms with Gasteiger partial charge in [0.25, 0.3) is 0 Å². The zero-order chi connectivity index (χ0) is 13.8. The minimum absolute atomic E-state index is 0.208. The Kier molecular flexibility index (Phi) is 4.96. The van der Waals surface area contributed by atoms with Crippen molar-refractivity contribution in [3.63, 3.8) is 0 Å². The minimum atomic E-state index is -0.276. The van der Waals surface area contributed by atoms with Crippen LogP contribution in [0, 0.1) is 0 Å². The highest BCUT2D eigenvalue weighted by Gasteiger charge is 2.27. The van der Waals surface area contributed by atoms with Gasteiger partial charge in [-0.25, -0.2) is 4.79 Å². The number of likely N-dealkylation sites (tertiary alicyclic amines) is 1. The first kappa shape index (κ1) is 14.5. The van der Waals surface area contributed by atoms with Crippen LogP contribution in [0.1, 0.15) is 40.7 Å². The number of methoxy groups -OCH3 is 1. The zero-order valence-corrected chi connectivity index (χ0v) is 12.3. The van der Waals surface area contributed by atoms with Crippen LogP contribution >= 0.6 is 11.3 Å². The molecule has 1 aliphatic rings. The van der Waals surface area contributed by atoms with E-state index in [-0.39, 0.29) is 18.6 Å². The van der Waals surface area contributed by atoms with E-state index in [0.717, 1.165) is 17.8 Å². The first-order valence-corrected chi connectivity index (χ1v) is 7.51. The standard InChI is InChI=1S/C14H21NO3S/c1-10-4-3-5-11(9-16)15(10)8-12-6-7-13(19-12)14(17)18-2/h6-7,10-11,16H,3-5,8-9H2,1-2H3/t10-,11-/m1/s1. The van der Waals surface area contributed by atoms with Gasteiger partial charge in [0.2, 0.25) is 0 Å². The molecule has 1 aliphatic heterocycles. The van der Waals surface area contributed by atoms with E-state index in [2.05, 4.69) is 11.8 Å². The van der Waals surface area contributed by atoms with Crippen LogP contribution in [0.3, 0.4) is 0 Å². The topological polar surface area (TPSA) is 49.8 Å². The average molecular weight is 283 g/mol. The van der Waals surface area contributed by atoms with E-state index >= 15 is 0 Å². The molecule has 0 aromatic carbocycles. The molecule has 5 heteroatoms. The Bertz CT molecular complexity index is 432. The quantitative estimate of drug-likeness (QED) is 0.861. The summed E-state index contributed by atoms with van der Waals surface area (Å²) in [6.45, 7) is 3.21. The van der Waals surface area contributed by atoms with E-state index in [9.17, 15) is 9.90 Å². The number of aliphatic hydroxyl groups is 1. The summed E-state index contributed by atoms with van der Waals surface area (Å²) in [5.41, 5.74) is 0. The second-order valence-corrected chi connectivity index (χ2v) is 6.21. The molecule has 1 aromatic heterocycles. The molecule has 2 rings (SSSR count). The molecule has 0 amide bonds. The molecule has 0 aliphatic carbocycles. The Balaban J connectivity index is 2.06. The number of ether oxygens (including phenoxy) is 1. The second-order valence-electron chi connectivity index (χ2n) is 5.05. The summed E-state index contributed by atoms with van der Waals surface area (Å²) in [5.74, 6) is -0.276. The lowest BCUT2D eigenvalue weighted by Crippen LogP contribution is -2.46. The number of rotatable bonds is 4. The molecule has 1 N–H and O–H groups in total. The summed E-state index contributed by atoms with van der Waals surface area (Å²) >= 11 is 1.48. The molecule has 0 radical (unpaired) electrons. The van der Waals surface area contributed by atoms with Crippen molar-refractivity contribution in [2.45, 2.75) is 44.8 Å². The summed E-state index contributed by atoms with van der Waals surface area (Å²) in [6.07, 6.45) is 3.41. The lowest BCUT2D eigenvalue weighted by Gasteiger charge is -2.39. The van der Waals surface area contributed by atoms with Gasteiger partial charge in [-0.1, -0.05) is 6.42 Å². The number of thiophene rings is 1. The van der Waals surface area contributed by atoms with Crippen LogP contribution in [0.4, 0.5) is 0 Å². The number of piperidine rings is 1. The van der Waals surface area contributed by atoms with Crippen LogP contribution in [0.25, 0.3) is 0 Å². The van der Waals surface area contributed by atoms with E-state index in [0.29, 0.717) is 10.9 Å². The highest BCUT2D eigenvalue weighted by molar-refractivity contribution is 7.13. The van der Waals surface area contributed by atoms with Crippen LogP contribution in [0.15, 0.2) is 12.1 Å². The predicted octanol–water partition coefficient (Wildman–Crippen LogP) is 2.27. The van der Waals surface area contributed by atoms with Crippen molar-refractivity contribution >= 4 is 17.3 Å². The summed E-state index contributed by atoms with van der Waals surface area (Å²) in [5, 5.41) is 9.48. The maximum atomic E-state index is 11.4. The van der Waals surface area contributed by atoms with Crippen molar-refractivity contribution in [3.8, 4) is 0 Å². The first-order valence-electron chi connectivity index (χ1n) is 6.69.